The number of ether oxygens (including phenoxy) is 1. The van der Waals surface area contributed by atoms with Crippen LogP contribution in [0.3, 0.4) is 0 Å². The third kappa shape index (κ3) is 5.62. The van der Waals surface area contributed by atoms with E-state index in [4.69, 9.17) is 21.3 Å². The summed E-state index contributed by atoms with van der Waals surface area (Å²) in [5.74, 6) is 1.46. The van der Waals surface area contributed by atoms with Crippen molar-refractivity contribution in [3.8, 4) is 28.3 Å². The molecule has 3 aromatic heterocycles. The van der Waals surface area contributed by atoms with E-state index < -0.39 is 10.0 Å². The van der Waals surface area contributed by atoms with E-state index in [1.54, 1.807) is 36.8 Å². The van der Waals surface area contributed by atoms with Crippen molar-refractivity contribution < 1.29 is 13.2 Å². The second-order valence-electron chi connectivity index (χ2n) is 8.16. The van der Waals surface area contributed by atoms with Gasteiger partial charge in [-0.05, 0) is 55.0 Å². The molecule has 0 aliphatic heterocycles. The van der Waals surface area contributed by atoms with E-state index in [0.717, 1.165) is 33.2 Å². The molecule has 0 saturated heterocycles. The molecule has 0 saturated carbocycles. The highest BCUT2D eigenvalue weighted by Gasteiger charge is 2.18. The number of fused-ring (bicyclic) bond motifs is 1. The summed E-state index contributed by atoms with van der Waals surface area (Å²) in [5.41, 5.74) is 3.75. The molecule has 0 radical (unpaired) electrons. The van der Waals surface area contributed by atoms with Gasteiger partial charge in [0.05, 0.1) is 23.4 Å². The first-order valence-corrected chi connectivity index (χ1v) is 14.2. The first-order chi connectivity index (χ1) is 17.9. The Morgan fingerprint density at radius 2 is 1.89 bits per heavy atom. The topological polar surface area (TPSA) is 97.6 Å². The molecule has 11 heteroatoms. The average Bonchev–Trinajstić information content (AvgIpc) is 3.50. The van der Waals surface area contributed by atoms with Crippen molar-refractivity contribution in [3.05, 3.63) is 83.5 Å². The molecule has 0 aliphatic carbocycles. The van der Waals surface area contributed by atoms with Crippen molar-refractivity contribution in [1.82, 2.24) is 19.1 Å². The highest BCUT2D eigenvalue weighted by Crippen LogP contribution is 2.36. The monoisotopic (exact) mass is 553 g/mol. The summed E-state index contributed by atoms with van der Waals surface area (Å²) in [6, 6.07) is 17.9. The molecule has 0 fully saturated rings. The molecular weight excluding hydrogens is 530 g/mol. The number of benzene rings is 2. The van der Waals surface area contributed by atoms with Crippen LogP contribution >= 0.6 is 22.9 Å². The quantitative estimate of drug-likeness (QED) is 0.219. The van der Waals surface area contributed by atoms with Gasteiger partial charge >= 0.3 is 0 Å². The maximum Gasteiger partial charge on any atom is 0.240 e. The fourth-order valence-electron chi connectivity index (χ4n) is 3.92. The number of pyridine rings is 1. The molecule has 0 unspecified atom stereocenters. The lowest BCUT2D eigenvalue weighted by molar-refractivity contribution is 0.415. The fraction of sp³-hybridized carbons (Fsp3) is 0.154. The van der Waals surface area contributed by atoms with E-state index >= 15 is 0 Å². The molecule has 37 heavy (non-hydrogen) atoms. The average molecular weight is 554 g/mol. The van der Waals surface area contributed by atoms with Crippen molar-refractivity contribution in [3.63, 3.8) is 0 Å². The van der Waals surface area contributed by atoms with Crippen LogP contribution < -0.4 is 14.8 Å². The summed E-state index contributed by atoms with van der Waals surface area (Å²) < 4.78 is 34.9. The first-order valence-electron chi connectivity index (χ1n) is 11.5. The number of halogens is 1. The van der Waals surface area contributed by atoms with Gasteiger partial charge in [0.2, 0.25) is 10.0 Å². The summed E-state index contributed by atoms with van der Waals surface area (Å²) in [6.45, 7) is 0.832. The minimum atomic E-state index is -3.58. The Morgan fingerprint density at radius 1 is 1.05 bits per heavy atom. The van der Waals surface area contributed by atoms with Gasteiger partial charge in [0.15, 0.2) is 4.96 Å². The number of nitrogens with one attached hydrogen (secondary N) is 2. The van der Waals surface area contributed by atoms with Crippen LogP contribution in [0.15, 0.2) is 83.3 Å². The van der Waals surface area contributed by atoms with E-state index in [-0.39, 0.29) is 11.4 Å². The van der Waals surface area contributed by atoms with Crippen LogP contribution in [-0.2, 0) is 10.0 Å². The van der Waals surface area contributed by atoms with Gasteiger partial charge in [-0.3, -0.25) is 4.40 Å². The molecule has 0 atom stereocenters. The van der Waals surface area contributed by atoms with E-state index in [2.05, 4.69) is 19.4 Å². The van der Waals surface area contributed by atoms with Gasteiger partial charge in [-0.25, -0.2) is 23.1 Å². The number of nitrogens with zero attached hydrogens (tertiary/aromatic N) is 3. The van der Waals surface area contributed by atoms with Crippen LogP contribution in [0.1, 0.15) is 6.42 Å². The number of anilines is 1. The third-order valence-corrected chi connectivity index (χ3v) is 8.20. The highest BCUT2D eigenvalue weighted by molar-refractivity contribution is 7.89. The molecule has 2 aromatic carbocycles. The van der Waals surface area contributed by atoms with Crippen LogP contribution in [0.4, 0.5) is 5.82 Å². The molecule has 0 spiro atoms. The molecule has 0 amide bonds. The molecule has 0 bridgehead atoms. The lowest BCUT2D eigenvalue weighted by Crippen LogP contribution is -2.26. The van der Waals surface area contributed by atoms with Crippen LogP contribution in [-0.4, -0.2) is 43.0 Å². The maximum absolute atomic E-state index is 12.4. The number of hydrogen-bond donors (Lipinski definition) is 2. The van der Waals surface area contributed by atoms with Gasteiger partial charge < -0.3 is 10.1 Å². The van der Waals surface area contributed by atoms with E-state index in [0.29, 0.717) is 23.8 Å². The smallest absolute Gasteiger partial charge is 0.240 e. The van der Waals surface area contributed by atoms with E-state index in [1.165, 1.54) is 12.1 Å². The number of hydrogen-bond acceptors (Lipinski definition) is 7. The van der Waals surface area contributed by atoms with Crippen molar-refractivity contribution in [1.29, 1.82) is 0 Å². The van der Waals surface area contributed by atoms with Crippen LogP contribution in [0, 0.1) is 0 Å². The second-order valence-corrected chi connectivity index (χ2v) is 11.2. The maximum atomic E-state index is 12.4. The zero-order valence-corrected chi connectivity index (χ0v) is 22.3. The largest absolute Gasteiger partial charge is 0.497 e. The Hall–Kier alpha value is -3.44. The number of sulfonamides is 1. The first kappa shape index (κ1) is 25.2. The summed E-state index contributed by atoms with van der Waals surface area (Å²) >= 11 is 7.42. The lowest BCUT2D eigenvalue weighted by Gasteiger charge is -2.10. The number of thiazole rings is 1. The third-order valence-electron chi connectivity index (χ3n) is 5.71. The second kappa shape index (κ2) is 10.9. The zero-order valence-electron chi connectivity index (χ0n) is 19.9. The summed E-state index contributed by atoms with van der Waals surface area (Å²) in [4.78, 5) is 10.4. The van der Waals surface area contributed by atoms with Crippen molar-refractivity contribution >= 4 is 43.7 Å². The van der Waals surface area contributed by atoms with Crippen LogP contribution in [0.5, 0.6) is 5.75 Å². The molecular formula is C26H24ClN5O3S2. The van der Waals surface area contributed by atoms with Gasteiger partial charge in [0.25, 0.3) is 0 Å². The highest BCUT2D eigenvalue weighted by atomic mass is 35.5. The van der Waals surface area contributed by atoms with Crippen LogP contribution in [0.25, 0.3) is 27.5 Å². The molecule has 5 aromatic rings. The molecule has 5 rings (SSSR count). The van der Waals surface area contributed by atoms with Gasteiger partial charge in [-0.1, -0.05) is 23.7 Å². The zero-order chi connectivity index (χ0) is 25.8. The molecule has 3 heterocycles. The molecule has 2 N–H and O–H groups in total. The lowest BCUT2D eigenvalue weighted by atomic mass is 10.1. The summed E-state index contributed by atoms with van der Waals surface area (Å²) in [6.07, 6.45) is 4.34. The SMILES string of the molecule is COc1cccc(-c2nc3sccn3c2-c2ccnc(NCCCNS(=O)(=O)c3ccc(Cl)cc3)c2)c1. The van der Waals surface area contributed by atoms with Gasteiger partial charge in [0, 0.05) is 47.0 Å². The van der Waals surface area contributed by atoms with Gasteiger partial charge in [-0.2, -0.15) is 0 Å². The van der Waals surface area contributed by atoms with Crippen LogP contribution in [0.2, 0.25) is 5.02 Å². The number of imidazole rings is 1. The predicted molar refractivity (Wildman–Crippen MR) is 148 cm³/mol. The molecule has 8 nitrogen and oxygen atoms in total. The number of methoxy groups -OCH3 is 1. The minimum Gasteiger partial charge on any atom is -0.497 e. The van der Waals surface area contributed by atoms with E-state index in [1.807, 2.05) is 48.0 Å². The van der Waals surface area contributed by atoms with Crippen molar-refractivity contribution in [2.75, 3.05) is 25.5 Å². The Bertz CT molecular complexity index is 1630. The molecule has 0 aliphatic rings. The number of rotatable bonds is 10. The van der Waals surface area contributed by atoms with Crippen molar-refractivity contribution in [2.24, 2.45) is 0 Å². The van der Waals surface area contributed by atoms with E-state index in [9.17, 15) is 8.42 Å². The van der Waals surface area contributed by atoms with Crippen molar-refractivity contribution in [2.45, 2.75) is 11.3 Å². The van der Waals surface area contributed by atoms with Gasteiger partial charge in [-0.15, -0.1) is 11.3 Å². The normalized spacial score (nSPS) is 11.6. The summed E-state index contributed by atoms with van der Waals surface area (Å²) in [5, 5.41) is 5.79. The minimum absolute atomic E-state index is 0.187. The molecule has 190 valence electrons. The fourth-order valence-corrected chi connectivity index (χ4v) is 5.83. The standard InChI is InChI=1S/C26H24ClN5O3S2/c1-35-21-5-2-4-18(16-21)24-25(32-14-15-36-26(32)31-24)19-10-13-29-23(17-19)28-11-3-12-30-37(33,34)22-8-6-20(27)7-9-22/h2,4-10,13-17,30H,3,11-12H2,1H3,(H,28,29). The predicted octanol–water partition coefficient (Wildman–Crippen LogP) is 5.57. The van der Waals surface area contributed by atoms with Gasteiger partial charge in [0.1, 0.15) is 11.6 Å². The Kier molecular flexibility index (Phi) is 7.43. The Morgan fingerprint density at radius 3 is 2.70 bits per heavy atom. The summed E-state index contributed by atoms with van der Waals surface area (Å²) in [7, 11) is -1.93. The Balaban J connectivity index is 1.29. The number of aromatic nitrogens is 3. The Labute approximate surface area is 224 Å².